The van der Waals surface area contributed by atoms with Gasteiger partial charge in [-0.1, -0.05) is 32.9 Å². The topological polar surface area (TPSA) is 157 Å². The zero-order valence-electron chi connectivity index (χ0n) is 34.9. The van der Waals surface area contributed by atoms with Crippen LogP contribution < -0.4 is 14.8 Å². The number of aromatic nitrogens is 2. The van der Waals surface area contributed by atoms with Crippen molar-refractivity contribution >= 4 is 52.4 Å². The van der Waals surface area contributed by atoms with Crippen LogP contribution in [0.4, 0.5) is 5.13 Å². The van der Waals surface area contributed by atoms with Gasteiger partial charge in [0.05, 0.1) is 42.4 Å². The van der Waals surface area contributed by atoms with Crippen LogP contribution in [0.1, 0.15) is 99.3 Å². The van der Waals surface area contributed by atoms with Crippen molar-refractivity contribution in [3.63, 3.8) is 0 Å². The van der Waals surface area contributed by atoms with Crippen LogP contribution in [0, 0.1) is 17.3 Å². The average Bonchev–Trinajstić information content (AvgIpc) is 3.53. The van der Waals surface area contributed by atoms with E-state index in [1.807, 2.05) is 64.3 Å². The van der Waals surface area contributed by atoms with Gasteiger partial charge in [-0.3, -0.25) is 18.9 Å². The van der Waals surface area contributed by atoms with Crippen LogP contribution >= 0.6 is 18.7 Å². The number of hydrogen-bond donors (Lipinski definition) is 2. The summed E-state index contributed by atoms with van der Waals surface area (Å²) in [6.45, 7) is 15.6. The van der Waals surface area contributed by atoms with E-state index in [4.69, 9.17) is 24.2 Å². The molecule has 0 bridgehead atoms. The number of Topliss-reactive ketones (excluding diaryl/α,β-unsaturated/α-hetero) is 1. The molecule has 1 amide bonds. The Morgan fingerprint density at radius 3 is 2.52 bits per heavy atom. The second-order valence-electron chi connectivity index (χ2n) is 17.5. The van der Waals surface area contributed by atoms with E-state index >= 15 is 0 Å². The predicted octanol–water partition coefficient (Wildman–Crippen LogP) is 9.17. The van der Waals surface area contributed by atoms with E-state index in [-0.39, 0.29) is 55.6 Å². The molecule has 6 rings (SSSR count). The number of anilines is 1. The number of hydrogen-bond acceptors (Lipinski definition) is 11. The van der Waals surface area contributed by atoms with Gasteiger partial charge in [0.2, 0.25) is 13.3 Å². The molecule has 3 heterocycles. The molecule has 6 atom stereocenters. The number of esters is 1. The van der Waals surface area contributed by atoms with Crippen LogP contribution in [-0.2, 0) is 23.7 Å². The van der Waals surface area contributed by atoms with E-state index in [9.17, 15) is 23.8 Å². The molecule has 2 N–H and O–H groups in total. The molecule has 2 unspecified atom stereocenters. The first-order valence-corrected chi connectivity index (χ1v) is 23.1. The number of pyridine rings is 1. The lowest BCUT2D eigenvalue weighted by Crippen LogP contribution is -2.46. The Bertz CT molecular complexity index is 2090. The van der Waals surface area contributed by atoms with Gasteiger partial charge >= 0.3 is 5.97 Å². The van der Waals surface area contributed by atoms with E-state index in [1.54, 1.807) is 31.1 Å². The minimum Gasteiger partial charge on any atom is -0.497 e. The van der Waals surface area contributed by atoms with Crippen molar-refractivity contribution in [1.82, 2.24) is 14.9 Å². The number of ether oxygens (including phenoxy) is 3. The Hall–Kier alpha value is -4.06. The van der Waals surface area contributed by atoms with Gasteiger partial charge in [0.1, 0.15) is 35.2 Å². The lowest BCUT2D eigenvalue weighted by molar-refractivity contribution is -0.156. The van der Waals surface area contributed by atoms with Crippen molar-refractivity contribution in [2.45, 2.75) is 129 Å². The quantitative estimate of drug-likeness (QED) is 0.0759. The molecule has 2 saturated carbocycles. The van der Waals surface area contributed by atoms with Crippen molar-refractivity contribution < 1.29 is 38.1 Å². The number of ketones is 1. The summed E-state index contributed by atoms with van der Waals surface area (Å²) < 4.78 is 31.7. The van der Waals surface area contributed by atoms with E-state index in [1.165, 1.54) is 17.2 Å². The highest BCUT2D eigenvalue weighted by Crippen LogP contribution is 2.73. The second kappa shape index (κ2) is 17.7. The molecule has 12 nitrogen and oxygen atoms in total. The van der Waals surface area contributed by atoms with Crippen LogP contribution in [0.2, 0.25) is 0 Å². The van der Waals surface area contributed by atoms with Gasteiger partial charge in [0.15, 0.2) is 5.13 Å². The first-order chi connectivity index (χ1) is 27.5. The monoisotopic (exact) mass is 834 g/mol. The van der Waals surface area contributed by atoms with Gasteiger partial charge in [-0.15, -0.1) is 17.9 Å². The average molecular weight is 835 g/mol. The van der Waals surface area contributed by atoms with E-state index in [0.717, 1.165) is 36.2 Å². The van der Waals surface area contributed by atoms with Gasteiger partial charge in [-0.25, -0.2) is 9.97 Å². The third-order valence-electron chi connectivity index (χ3n) is 11.8. The standard InChI is InChI=1S/C44H59N4O8PS/c1-9-17-57(52,53)44(23-28(44)10-2)24-30(49)18-29-19-33(25-48(29)41(51)35(43(5,6)7)21-40(50)56-31-13-11-12-14-31)55-39-22-37(38-26-58-42(47-38)45-27(3)4)46-36-20-32(54-8)15-16-34(36)39/h9-10,15-17,20,22,26-29,31,33,35H,2,11-14,18-19,21,23-25H2,1,3-8H3,(H,45,47)(H,52,53)/b17-9+/t28-,29?,33-,35-,44-/m1/s1. The molecule has 3 aromatic rings. The number of carbonyl (C=O) groups is 3. The molecule has 1 saturated heterocycles. The number of nitrogens with one attached hydrogen (secondary N) is 1. The Balaban J connectivity index is 1.31. The summed E-state index contributed by atoms with van der Waals surface area (Å²) in [6.07, 6.45) is 6.76. The number of methoxy groups -OCH3 is 1. The molecule has 314 valence electrons. The van der Waals surface area contributed by atoms with Gasteiger partial charge < -0.3 is 29.3 Å². The van der Waals surface area contributed by atoms with Crippen molar-refractivity contribution in [1.29, 1.82) is 0 Å². The normalized spacial score (nSPS) is 23.9. The van der Waals surface area contributed by atoms with Crippen molar-refractivity contribution in [2.75, 3.05) is 19.0 Å². The maximum atomic E-state index is 14.8. The molecular weight excluding hydrogens is 776 g/mol. The molecule has 1 aliphatic heterocycles. The fourth-order valence-corrected chi connectivity index (χ4v) is 11.5. The van der Waals surface area contributed by atoms with Gasteiger partial charge in [-0.2, -0.15) is 0 Å². The predicted molar refractivity (Wildman–Crippen MR) is 229 cm³/mol. The summed E-state index contributed by atoms with van der Waals surface area (Å²) in [5.74, 6) is 0.658. The number of benzene rings is 1. The Morgan fingerprint density at radius 1 is 1.14 bits per heavy atom. The number of likely N-dealkylation sites (tertiary alicyclic amines) is 1. The van der Waals surface area contributed by atoms with Crippen LogP contribution in [0.25, 0.3) is 22.3 Å². The van der Waals surface area contributed by atoms with Crippen molar-refractivity contribution in [2.24, 2.45) is 17.3 Å². The van der Waals surface area contributed by atoms with Gasteiger partial charge in [-0.05, 0) is 82.2 Å². The van der Waals surface area contributed by atoms with Crippen molar-refractivity contribution in [3.05, 3.63) is 54.2 Å². The summed E-state index contributed by atoms with van der Waals surface area (Å²) in [5.41, 5.74) is 1.33. The summed E-state index contributed by atoms with van der Waals surface area (Å²) in [7, 11) is -2.24. The van der Waals surface area contributed by atoms with Gasteiger partial charge in [0, 0.05) is 54.2 Å². The van der Waals surface area contributed by atoms with E-state index in [2.05, 4.69) is 11.9 Å². The van der Waals surface area contributed by atoms with Gasteiger partial charge in [0.25, 0.3) is 0 Å². The van der Waals surface area contributed by atoms with E-state index in [0.29, 0.717) is 41.2 Å². The second-order valence-corrected chi connectivity index (χ2v) is 20.8. The SMILES string of the molecule is C=C[C@@H]1C[C@]1(CC(=O)CC1C[C@@H](Oc2cc(-c3csc(NC(C)C)n3)nc3cc(OC)ccc23)CN1C(=O)[C@@H](CC(=O)OC1CCCC1)C(C)(C)C)P(=O)(O)/C=C/C. The van der Waals surface area contributed by atoms with Crippen LogP contribution in [0.15, 0.2) is 54.2 Å². The van der Waals surface area contributed by atoms with Crippen LogP contribution in [0.3, 0.4) is 0 Å². The third-order valence-corrected chi connectivity index (χ3v) is 15.2. The molecule has 14 heteroatoms. The zero-order valence-corrected chi connectivity index (χ0v) is 36.6. The zero-order chi connectivity index (χ0) is 42.0. The van der Waals surface area contributed by atoms with Crippen molar-refractivity contribution in [3.8, 4) is 22.9 Å². The number of nitrogens with zero attached hydrogens (tertiary/aromatic N) is 3. The van der Waals surface area contributed by atoms with Crippen LogP contribution in [-0.4, -0.2) is 80.5 Å². The fourth-order valence-electron chi connectivity index (χ4n) is 8.55. The van der Waals surface area contributed by atoms with Crippen LogP contribution in [0.5, 0.6) is 11.5 Å². The minimum atomic E-state index is -3.83. The lowest BCUT2D eigenvalue weighted by atomic mass is 9.77. The molecule has 3 aliphatic rings. The van der Waals surface area contributed by atoms with E-state index < -0.39 is 42.0 Å². The molecule has 0 spiro atoms. The number of allylic oxidation sites excluding steroid dienone is 2. The number of fused-ring (bicyclic) bond motifs is 1. The first-order valence-electron chi connectivity index (χ1n) is 20.5. The summed E-state index contributed by atoms with van der Waals surface area (Å²) in [6, 6.07) is 7.06. The Kier molecular flexibility index (Phi) is 13.2. The number of amides is 1. The minimum absolute atomic E-state index is 0.0274. The molecule has 1 aromatic carbocycles. The Morgan fingerprint density at radius 2 is 1.88 bits per heavy atom. The number of carbonyl (C=O) groups excluding carboxylic acids is 3. The molecule has 2 aliphatic carbocycles. The lowest BCUT2D eigenvalue weighted by Gasteiger charge is -2.35. The largest absolute Gasteiger partial charge is 0.497 e. The highest BCUT2D eigenvalue weighted by molar-refractivity contribution is 7.63. The highest BCUT2D eigenvalue weighted by atomic mass is 32.1. The Labute approximate surface area is 346 Å². The first kappa shape index (κ1) is 43.5. The molecule has 3 fully saturated rings. The smallest absolute Gasteiger partial charge is 0.306 e. The maximum Gasteiger partial charge on any atom is 0.306 e. The molecular formula is C44H59N4O8PS. The number of rotatable bonds is 17. The third kappa shape index (κ3) is 9.69. The number of thiazole rings is 1. The fraction of sp³-hybridized carbons (Fsp3) is 0.568. The molecule has 2 aromatic heterocycles. The molecule has 58 heavy (non-hydrogen) atoms. The summed E-state index contributed by atoms with van der Waals surface area (Å²) in [5, 5.41) is 5.70. The summed E-state index contributed by atoms with van der Waals surface area (Å²) >= 11 is 1.49. The highest BCUT2D eigenvalue weighted by Gasteiger charge is 2.63. The summed E-state index contributed by atoms with van der Waals surface area (Å²) in [4.78, 5) is 64.7. The maximum absolute atomic E-state index is 14.8. The molecule has 0 radical (unpaired) electrons.